The highest BCUT2D eigenvalue weighted by atomic mass is 31.2. The van der Waals surface area contributed by atoms with Crippen LogP contribution in [0, 0.1) is 11.8 Å². The summed E-state index contributed by atoms with van der Waals surface area (Å²) in [4.78, 5) is 35.2. The van der Waals surface area contributed by atoms with Gasteiger partial charge in [0.05, 0.1) is 38.1 Å². The van der Waals surface area contributed by atoms with Crippen molar-refractivity contribution in [3.05, 3.63) is 72.9 Å². The maximum absolute atomic E-state index is 12.7. The Morgan fingerprint density at radius 3 is 1.89 bits per heavy atom. The predicted molar refractivity (Wildman–Crippen MR) is 244 cm³/mol. The number of aliphatic hydroxyl groups excluding tert-OH is 5. The van der Waals surface area contributed by atoms with Crippen LogP contribution < -0.4 is 0 Å². The van der Waals surface area contributed by atoms with E-state index in [4.69, 9.17) is 19.1 Å². The fraction of sp³-hybridized carbons (Fsp3) is 0.708. The molecule has 1 aliphatic rings. The minimum absolute atomic E-state index is 0.0536. The molecule has 0 spiro atoms. The van der Waals surface area contributed by atoms with E-state index in [1.807, 2.05) is 18.2 Å². The summed E-state index contributed by atoms with van der Waals surface area (Å²) in [5.41, 5.74) is 0. The van der Waals surface area contributed by atoms with E-state index in [9.17, 15) is 39.5 Å². The topological polar surface area (TPSA) is 210 Å². The Hall–Kier alpha value is -2.71. The summed E-state index contributed by atoms with van der Waals surface area (Å²) in [6, 6.07) is 0. The molecule has 0 aliphatic heterocycles. The van der Waals surface area contributed by atoms with Crippen LogP contribution in [0.15, 0.2) is 72.9 Å². The van der Waals surface area contributed by atoms with Gasteiger partial charge in [0, 0.05) is 25.2 Å². The molecule has 0 radical (unpaired) electrons. The van der Waals surface area contributed by atoms with Crippen LogP contribution in [0.1, 0.15) is 149 Å². The minimum Gasteiger partial charge on any atom is -0.462 e. The van der Waals surface area contributed by atoms with Gasteiger partial charge in [0.2, 0.25) is 0 Å². The number of ether oxygens (including phenoxy) is 2. The summed E-state index contributed by atoms with van der Waals surface area (Å²) in [5.74, 6) is -1.61. The van der Waals surface area contributed by atoms with Crippen LogP contribution in [0.4, 0.5) is 0 Å². The summed E-state index contributed by atoms with van der Waals surface area (Å²) in [5, 5.41) is 49.7. The molecule has 1 saturated carbocycles. The van der Waals surface area contributed by atoms with Gasteiger partial charge in [-0.2, -0.15) is 0 Å². The van der Waals surface area contributed by atoms with Crippen LogP contribution in [0.5, 0.6) is 0 Å². The van der Waals surface area contributed by atoms with E-state index in [2.05, 4.69) is 67.0 Å². The van der Waals surface area contributed by atoms with Crippen LogP contribution in [0.25, 0.3) is 0 Å². The van der Waals surface area contributed by atoms with E-state index in [1.54, 1.807) is 6.08 Å². The number of esters is 2. The molecule has 6 N–H and O–H groups in total. The molecule has 0 aromatic rings. The lowest BCUT2D eigenvalue weighted by atomic mass is 9.89. The number of unbranched alkanes of at least 4 members (excludes halogenated alkanes) is 9. The SMILES string of the molecule is CCCCC/C=C\C/C=C\C/C=C\C/C=C\CCCCCC(=O)O[C@H](COC(=O)CCC/C=C/C[C@@H]1[C@@H](/C=C/[C@@H](O)CCCCC)[C@H](O)C[C@@H]1O)COP(=O)(O)OC[C@@H](O)CO. The van der Waals surface area contributed by atoms with Crippen molar-refractivity contribution in [1.29, 1.82) is 0 Å². The van der Waals surface area contributed by atoms with Crippen molar-refractivity contribution in [2.75, 3.05) is 26.4 Å². The fourth-order valence-corrected chi connectivity index (χ4v) is 7.52. The molecule has 0 aromatic carbocycles. The van der Waals surface area contributed by atoms with Crippen molar-refractivity contribution in [2.24, 2.45) is 11.8 Å². The first-order chi connectivity index (χ1) is 29.9. The molecule has 62 heavy (non-hydrogen) atoms. The lowest BCUT2D eigenvalue weighted by Gasteiger charge is -2.20. The van der Waals surface area contributed by atoms with Gasteiger partial charge in [0.1, 0.15) is 12.7 Å². The third-order valence-corrected chi connectivity index (χ3v) is 11.4. The molecule has 0 heterocycles. The number of allylic oxidation sites excluding steroid dienone is 10. The number of hydrogen-bond acceptors (Lipinski definition) is 12. The molecular weight excluding hydrogens is 815 g/mol. The number of aliphatic hydroxyl groups is 5. The summed E-state index contributed by atoms with van der Waals surface area (Å²) < 4.78 is 32.7. The summed E-state index contributed by atoms with van der Waals surface area (Å²) in [6.07, 6.45) is 36.7. The fourth-order valence-electron chi connectivity index (χ4n) is 6.73. The van der Waals surface area contributed by atoms with E-state index in [-0.39, 0.29) is 31.1 Å². The summed E-state index contributed by atoms with van der Waals surface area (Å²) >= 11 is 0. The number of carbonyl (C=O) groups is 2. The lowest BCUT2D eigenvalue weighted by Crippen LogP contribution is -2.29. The molecule has 1 rings (SSSR count). The van der Waals surface area contributed by atoms with Crippen LogP contribution >= 0.6 is 7.82 Å². The van der Waals surface area contributed by atoms with Gasteiger partial charge >= 0.3 is 19.8 Å². The molecule has 8 atom stereocenters. The van der Waals surface area contributed by atoms with Gasteiger partial charge in [-0.05, 0) is 83.0 Å². The smallest absolute Gasteiger partial charge is 0.462 e. The van der Waals surface area contributed by atoms with Gasteiger partial charge in [-0.1, -0.05) is 125 Å². The first-order valence-electron chi connectivity index (χ1n) is 23.2. The Morgan fingerprint density at radius 1 is 0.677 bits per heavy atom. The average molecular weight is 897 g/mol. The Kier molecular flexibility index (Phi) is 34.8. The van der Waals surface area contributed by atoms with Crippen molar-refractivity contribution < 1.29 is 63.1 Å². The monoisotopic (exact) mass is 897 g/mol. The number of carbonyl (C=O) groups excluding carboxylic acids is 2. The van der Waals surface area contributed by atoms with Gasteiger partial charge in [-0.25, -0.2) is 4.57 Å². The average Bonchev–Trinajstić information content (AvgIpc) is 3.52. The number of hydrogen-bond donors (Lipinski definition) is 6. The molecule has 1 fully saturated rings. The largest absolute Gasteiger partial charge is 0.472 e. The Labute approximate surface area is 372 Å². The highest BCUT2D eigenvalue weighted by Gasteiger charge is 2.39. The van der Waals surface area contributed by atoms with Gasteiger partial charge in [-0.3, -0.25) is 18.6 Å². The maximum atomic E-state index is 12.7. The van der Waals surface area contributed by atoms with Crippen molar-refractivity contribution in [2.45, 2.75) is 179 Å². The second-order valence-corrected chi connectivity index (χ2v) is 17.5. The highest BCUT2D eigenvalue weighted by molar-refractivity contribution is 7.47. The van der Waals surface area contributed by atoms with Crippen molar-refractivity contribution >= 4 is 19.8 Å². The normalized spacial score (nSPS) is 21.0. The summed E-state index contributed by atoms with van der Waals surface area (Å²) in [7, 11) is -4.69. The van der Waals surface area contributed by atoms with E-state index in [1.165, 1.54) is 19.3 Å². The minimum atomic E-state index is -4.69. The standard InChI is InChI=1S/C48H81O13P/c1-3-5-7-8-9-10-11-12-13-14-15-16-17-18-19-20-21-22-28-32-48(55)61-42(39-60-62(56,57)59-37-41(51)36-49)38-58-47(54)31-27-24-23-26-30-43-44(46(53)35-45(43)52)34-33-40(50)29-25-6-4-2/h9-10,12-13,15-16,18-19,23,26,33-34,40-46,49-53H,3-8,11,14,17,20-22,24-25,27-32,35-39H2,1-2H3,(H,56,57)/b10-9-,13-12-,16-15-,19-18-,26-23+,34-33+/t40-,41-,42+,43+,44+,45-,46+/m0/s1. The first kappa shape index (κ1) is 57.3. The third kappa shape index (κ3) is 31.2. The van der Waals surface area contributed by atoms with E-state index in [0.717, 1.165) is 64.2 Å². The molecule has 0 bridgehead atoms. The quantitative estimate of drug-likeness (QED) is 0.0148. The molecule has 13 nitrogen and oxygen atoms in total. The molecule has 1 unspecified atom stereocenters. The summed E-state index contributed by atoms with van der Waals surface area (Å²) in [6.45, 7) is 1.93. The zero-order valence-corrected chi connectivity index (χ0v) is 38.5. The molecule has 0 amide bonds. The van der Waals surface area contributed by atoms with E-state index >= 15 is 0 Å². The van der Waals surface area contributed by atoms with Gasteiger partial charge < -0.3 is 39.9 Å². The predicted octanol–water partition coefficient (Wildman–Crippen LogP) is 8.83. The molecule has 1 aliphatic carbocycles. The Bertz CT molecular complexity index is 1380. The highest BCUT2D eigenvalue weighted by Crippen LogP contribution is 2.43. The Balaban J connectivity index is 2.47. The molecular formula is C48H81O13P. The van der Waals surface area contributed by atoms with Crippen molar-refractivity contribution in [3.63, 3.8) is 0 Å². The maximum Gasteiger partial charge on any atom is 0.472 e. The van der Waals surface area contributed by atoms with Gasteiger partial charge in [0.25, 0.3) is 0 Å². The van der Waals surface area contributed by atoms with Crippen LogP contribution in [-0.4, -0.2) is 99.3 Å². The van der Waals surface area contributed by atoms with Gasteiger partial charge in [-0.15, -0.1) is 0 Å². The molecule has 0 aromatic heterocycles. The molecule has 356 valence electrons. The molecule has 0 saturated heterocycles. The van der Waals surface area contributed by atoms with Crippen LogP contribution in [0.2, 0.25) is 0 Å². The zero-order valence-electron chi connectivity index (χ0n) is 37.6. The molecule has 14 heteroatoms. The van der Waals surface area contributed by atoms with Gasteiger partial charge in [0.15, 0.2) is 6.10 Å². The number of phosphoric acid groups is 1. The van der Waals surface area contributed by atoms with E-state index in [0.29, 0.717) is 32.1 Å². The van der Waals surface area contributed by atoms with Crippen LogP contribution in [0.3, 0.4) is 0 Å². The number of rotatable bonds is 38. The Morgan fingerprint density at radius 2 is 1.24 bits per heavy atom. The first-order valence-corrected chi connectivity index (χ1v) is 24.6. The zero-order chi connectivity index (χ0) is 45.7. The van der Waals surface area contributed by atoms with Crippen LogP contribution in [-0.2, 0) is 32.7 Å². The second kappa shape index (κ2) is 37.6. The van der Waals surface area contributed by atoms with Crippen molar-refractivity contribution in [1.82, 2.24) is 0 Å². The lowest BCUT2D eigenvalue weighted by molar-refractivity contribution is -0.161. The van der Waals surface area contributed by atoms with E-state index < -0.39 is 76.7 Å². The van der Waals surface area contributed by atoms with Crippen molar-refractivity contribution in [3.8, 4) is 0 Å². The second-order valence-electron chi connectivity index (χ2n) is 16.0. The third-order valence-electron chi connectivity index (χ3n) is 10.4. The number of phosphoric ester groups is 1.